The highest BCUT2D eigenvalue weighted by Gasteiger charge is 2.41. The molecule has 0 aromatic rings. The van der Waals surface area contributed by atoms with Crippen molar-refractivity contribution in [3.63, 3.8) is 0 Å². The third kappa shape index (κ3) is 25.6. The summed E-state index contributed by atoms with van der Waals surface area (Å²) >= 11 is 0. The lowest BCUT2D eigenvalue weighted by Crippen LogP contribution is -2.48. The maximum Gasteiger partial charge on any atom is 0.501 e. The zero-order valence-corrected chi connectivity index (χ0v) is 28.0. The summed E-state index contributed by atoms with van der Waals surface area (Å²) in [4.78, 5) is 0. The van der Waals surface area contributed by atoms with Crippen LogP contribution in [0.1, 0.15) is 135 Å². The molecule has 0 heterocycles. The van der Waals surface area contributed by atoms with Gasteiger partial charge in [-0.25, -0.2) is 0 Å². The molecule has 0 saturated heterocycles. The van der Waals surface area contributed by atoms with Crippen LogP contribution in [0.2, 0.25) is 6.04 Å². The highest BCUT2D eigenvalue weighted by Crippen LogP contribution is 2.21. The molecule has 0 unspecified atom stereocenters. The molecule has 0 aromatic carbocycles. The zero-order chi connectivity index (χ0) is 29.6. The van der Waals surface area contributed by atoms with Crippen LogP contribution in [0.5, 0.6) is 0 Å². The van der Waals surface area contributed by atoms with Crippen LogP contribution in [-0.2, 0) is 13.3 Å². The summed E-state index contributed by atoms with van der Waals surface area (Å²) in [5, 5.41) is 27.6. The molecule has 0 spiro atoms. The quantitative estimate of drug-likeness (QED) is 0.0439. The Labute approximate surface area is 249 Å². The third-order valence-corrected chi connectivity index (χ3v) is 10.6. The SMILES string of the molecule is CCCCCCCCCCCCCCCCCC[N+](C)(C)CCC[Si](OCCCO)(OCCCO)OCCCO. The van der Waals surface area contributed by atoms with Crippen molar-refractivity contribution in [3.05, 3.63) is 0 Å². The van der Waals surface area contributed by atoms with Crippen LogP contribution in [0.15, 0.2) is 0 Å². The second-order valence-electron chi connectivity index (χ2n) is 12.2. The molecule has 0 bridgehead atoms. The van der Waals surface area contributed by atoms with Crippen molar-refractivity contribution in [3.8, 4) is 0 Å². The minimum Gasteiger partial charge on any atom is -0.396 e. The fraction of sp³-hybridized carbons (Fsp3) is 1.00. The summed E-state index contributed by atoms with van der Waals surface area (Å²) in [5.41, 5.74) is 0. The van der Waals surface area contributed by atoms with Gasteiger partial charge in [0.1, 0.15) is 0 Å². The van der Waals surface area contributed by atoms with Gasteiger partial charge in [0.25, 0.3) is 0 Å². The summed E-state index contributed by atoms with van der Waals surface area (Å²) in [6.07, 6.45) is 24.9. The monoisotopic (exact) mass is 592 g/mol. The average Bonchev–Trinajstić information content (AvgIpc) is 2.93. The largest absolute Gasteiger partial charge is 0.501 e. The predicted molar refractivity (Wildman–Crippen MR) is 170 cm³/mol. The summed E-state index contributed by atoms with van der Waals surface area (Å²) in [5.74, 6) is 0. The first-order chi connectivity index (χ1) is 19.4. The van der Waals surface area contributed by atoms with E-state index in [1.54, 1.807) is 0 Å². The first-order valence-corrected chi connectivity index (χ1v) is 18.9. The maximum atomic E-state index is 9.20. The second kappa shape index (κ2) is 29.0. The van der Waals surface area contributed by atoms with Crippen LogP contribution in [0.4, 0.5) is 0 Å². The number of aliphatic hydroxyl groups excluding tert-OH is 3. The molecular formula is C32H70NO6Si+. The molecule has 0 aromatic heterocycles. The normalized spacial score (nSPS) is 12.4. The smallest absolute Gasteiger partial charge is 0.396 e. The minimum atomic E-state index is -2.93. The summed E-state index contributed by atoms with van der Waals surface area (Å²) in [6, 6.07) is 0.718. The van der Waals surface area contributed by atoms with E-state index >= 15 is 0 Å². The Morgan fingerprint density at radius 1 is 0.450 bits per heavy atom. The number of aliphatic hydroxyl groups is 3. The van der Waals surface area contributed by atoms with Crippen LogP contribution >= 0.6 is 0 Å². The van der Waals surface area contributed by atoms with Crippen LogP contribution in [0, 0.1) is 0 Å². The number of rotatable bonds is 33. The van der Waals surface area contributed by atoms with Gasteiger partial charge in [0, 0.05) is 52.1 Å². The van der Waals surface area contributed by atoms with Gasteiger partial charge in [-0.05, 0) is 32.1 Å². The van der Waals surface area contributed by atoms with Crippen molar-refractivity contribution in [1.29, 1.82) is 0 Å². The molecule has 0 saturated carbocycles. The molecule has 0 aliphatic rings. The Hall–Kier alpha value is -0.0631. The van der Waals surface area contributed by atoms with E-state index in [9.17, 15) is 15.3 Å². The summed E-state index contributed by atoms with van der Waals surface area (Å²) < 4.78 is 19.4. The first-order valence-electron chi connectivity index (χ1n) is 17.0. The lowest BCUT2D eigenvalue weighted by molar-refractivity contribution is -0.890. The van der Waals surface area contributed by atoms with E-state index in [-0.39, 0.29) is 19.8 Å². The lowest BCUT2D eigenvalue weighted by atomic mass is 10.0. The Bertz CT molecular complexity index is 485. The standard InChI is InChI=1S/C32H70NO6Si/c1-4-5-6-7-8-9-10-11-12-13-14-15-16-17-18-19-24-33(2,3)25-20-32-40(37-29-21-26-34,38-30-22-27-35)39-31-23-28-36/h34-36H,4-32H2,1-3H3/q+1. The van der Waals surface area contributed by atoms with Gasteiger partial charge < -0.3 is 33.1 Å². The average molecular weight is 593 g/mol. The van der Waals surface area contributed by atoms with Crippen molar-refractivity contribution < 1.29 is 33.1 Å². The number of hydrogen-bond donors (Lipinski definition) is 3. The van der Waals surface area contributed by atoms with Gasteiger partial charge in [-0.3, -0.25) is 0 Å². The zero-order valence-electron chi connectivity index (χ0n) is 27.0. The van der Waals surface area contributed by atoms with E-state index in [0.717, 1.165) is 23.5 Å². The highest BCUT2D eigenvalue weighted by molar-refractivity contribution is 6.60. The van der Waals surface area contributed by atoms with Crippen molar-refractivity contribution in [2.75, 3.05) is 66.8 Å². The molecule has 0 aliphatic carbocycles. The molecule has 0 amide bonds. The van der Waals surface area contributed by atoms with Gasteiger partial charge in [0.15, 0.2) is 0 Å². The van der Waals surface area contributed by atoms with Gasteiger partial charge >= 0.3 is 8.80 Å². The Balaban J connectivity index is 4.08. The van der Waals surface area contributed by atoms with E-state index < -0.39 is 8.80 Å². The fourth-order valence-electron chi connectivity index (χ4n) is 5.14. The van der Waals surface area contributed by atoms with E-state index in [1.165, 1.54) is 109 Å². The topological polar surface area (TPSA) is 88.4 Å². The highest BCUT2D eigenvalue weighted by atomic mass is 28.4. The summed E-state index contributed by atoms with van der Waals surface area (Å²) in [6.45, 7) is 5.91. The Morgan fingerprint density at radius 2 is 0.775 bits per heavy atom. The Kier molecular flexibility index (Phi) is 29.0. The first kappa shape index (κ1) is 39.9. The van der Waals surface area contributed by atoms with Crippen molar-refractivity contribution in [1.82, 2.24) is 0 Å². The van der Waals surface area contributed by atoms with E-state index in [2.05, 4.69) is 21.0 Å². The number of unbranched alkanes of at least 4 members (excludes halogenated alkanes) is 15. The minimum absolute atomic E-state index is 0.0704. The van der Waals surface area contributed by atoms with Gasteiger partial charge in [-0.1, -0.05) is 96.8 Å². The molecule has 0 aliphatic heterocycles. The third-order valence-electron chi connectivity index (χ3n) is 7.74. The van der Waals surface area contributed by atoms with E-state index in [1.807, 2.05) is 0 Å². The van der Waals surface area contributed by atoms with Crippen molar-refractivity contribution >= 4 is 8.80 Å². The number of nitrogens with zero attached hydrogens (tertiary/aromatic N) is 1. The predicted octanol–water partition coefficient (Wildman–Crippen LogP) is 6.85. The van der Waals surface area contributed by atoms with Crippen molar-refractivity contribution in [2.45, 2.75) is 141 Å². The maximum absolute atomic E-state index is 9.20. The number of hydrogen-bond acceptors (Lipinski definition) is 6. The van der Waals surface area contributed by atoms with Crippen LogP contribution < -0.4 is 0 Å². The molecule has 40 heavy (non-hydrogen) atoms. The van der Waals surface area contributed by atoms with E-state index in [4.69, 9.17) is 13.3 Å². The van der Waals surface area contributed by atoms with Crippen LogP contribution in [0.3, 0.4) is 0 Å². The van der Waals surface area contributed by atoms with Gasteiger partial charge in [0.2, 0.25) is 0 Å². The molecule has 3 N–H and O–H groups in total. The van der Waals surface area contributed by atoms with Gasteiger partial charge in [-0.15, -0.1) is 0 Å². The molecule has 0 radical (unpaired) electrons. The van der Waals surface area contributed by atoms with E-state index in [0.29, 0.717) is 39.1 Å². The molecule has 7 nitrogen and oxygen atoms in total. The molecule has 8 heteroatoms. The Morgan fingerprint density at radius 3 is 1.12 bits per heavy atom. The van der Waals surface area contributed by atoms with Crippen molar-refractivity contribution in [2.24, 2.45) is 0 Å². The molecular weight excluding hydrogens is 522 g/mol. The molecule has 0 atom stereocenters. The lowest BCUT2D eigenvalue weighted by Gasteiger charge is -2.33. The number of quaternary nitrogens is 1. The fourth-order valence-corrected chi connectivity index (χ4v) is 7.78. The molecule has 0 fully saturated rings. The second-order valence-corrected chi connectivity index (χ2v) is 15.0. The van der Waals surface area contributed by atoms with Gasteiger partial charge in [0.05, 0.1) is 27.2 Å². The van der Waals surface area contributed by atoms with Crippen LogP contribution in [0.25, 0.3) is 0 Å². The van der Waals surface area contributed by atoms with Gasteiger partial charge in [-0.2, -0.15) is 0 Å². The molecule has 0 rings (SSSR count). The summed E-state index contributed by atoms with van der Waals surface area (Å²) in [7, 11) is 1.68. The molecule has 242 valence electrons. The van der Waals surface area contributed by atoms with Crippen LogP contribution in [-0.4, -0.2) is 95.4 Å².